The van der Waals surface area contributed by atoms with Gasteiger partial charge in [-0.2, -0.15) is 5.26 Å². The van der Waals surface area contributed by atoms with Gasteiger partial charge in [0.25, 0.3) is 11.8 Å². The highest BCUT2D eigenvalue weighted by atomic mass is 16.5. The molecule has 0 spiro atoms. The van der Waals surface area contributed by atoms with Gasteiger partial charge in [-0.3, -0.25) is 9.59 Å². The van der Waals surface area contributed by atoms with E-state index in [1.54, 1.807) is 49.6 Å². The fourth-order valence-corrected chi connectivity index (χ4v) is 3.77. The molecule has 1 aliphatic rings. The topological polar surface area (TPSA) is 91.7 Å². The van der Waals surface area contributed by atoms with Gasteiger partial charge in [-0.25, -0.2) is 4.90 Å². The molecule has 0 aliphatic carbocycles. The first-order chi connectivity index (χ1) is 16.4. The average Bonchev–Trinajstić information content (AvgIpc) is 3.10. The summed E-state index contributed by atoms with van der Waals surface area (Å²) in [6, 6.07) is 19.2. The zero-order chi connectivity index (χ0) is 24.4. The molecular weight excluding hydrogens is 430 g/mol. The predicted molar refractivity (Wildman–Crippen MR) is 130 cm³/mol. The summed E-state index contributed by atoms with van der Waals surface area (Å²) in [6.07, 6.45) is 0. The molecule has 1 heterocycles. The Kier molecular flexibility index (Phi) is 6.07. The first-order valence-corrected chi connectivity index (χ1v) is 10.6. The fraction of sp³-hybridized carbons (Fsp3) is 0.148. The molecule has 2 amide bonds. The number of nitrogens with one attached hydrogen (secondary N) is 1. The second-order valence-electron chi connectivity index (χ2n) is 7.84. The molecule has 0 bridgehead atoms. The van der Waals surface area contributed by atoms with Crippen LogP contribution in [0.25, 0.3) is 5.57 Å². The van der Waals surface area contributed by atoms with E-state index in [0.29, 0.717) is 34.0 Å². The predicted octanol–water partition coefficient (Wildman–Crippen LogP) is 4.59. The molecule has 1 N–H and O–H groups in total. The van der Waals surface area contributed by atoms with Crippen LogP contribution in [0.3, 0.4) is 0 Å². The highest BCUT2D eigenvalue weighted by Crippen LogP contribution is 2.37. The molecule has 34 heavy (non-hydrogen) atoms. The molecule has 1 aliphatic heterocycles. The first kappa shape index (κ1) is 22.6. The molecule has 0 fully saturated rings. The summed E-state index contributed by atoms with van der Waals surface area (Å²) in [5.41, 5.74) is 4.45. The second-order valence-corrected chi connectivity index (χ2v) is 7.84. The standard InChI is InChI=1S/C27H23N3O4/c1-16-5-8-19(13-17(16)2)24-25(29-22-12-11-21(33-3)14-23(22)34-4)27(32)30(26(24)31)20-9-6-18(15-28)7-10-20/h5-14,29H,1-4H3. The number of carbonyl (C=O) groups excluding carboxylic acids is 2. The van der Waals surface area contributed by atoms with Crippen LogP contribution < -0.4 is 19.7 Å². The van der Waals surface area contributed by atoms with Gasteiger partial charge < -0.3 is 14.8 Å². The summed E-state index contributed by atoms with van der Waals surface area (Å²) in [5.74, 6) is 0.107. The van der Waals surface area contributed by atoms with Gasteiger partial charge in [-0.15, -0.1) is 0 Å². The van der Waals surface area contributed by atoms with Gasteiger partial charge in [0.15, 0.2) is 0 Å². The summed E-state index contributed by atoms with van der Waals surface area (Å²) in [7, 11) is 3.07. The Hall–Kier alpha value is -4.57. The molecule has 0 unspecified atom stereocenters. The molecular formula is C27H23N3O4. The van der Waals surface area contributed by atoms with Crippen molar-refractivity contribution in [2.45, 2.75) is 13.8 Å². The van der Waals surface area contributed by atoms with Gasteiger partial charge in [0, 0.05) is 6.07 Å². The molecule has 0 aromatic heterocycles. The first-order valence-electron chi connectivity index (χ1n) is 10.6. The van der Waals surface area contributed by atoms with Crippen molar-refractivity contribution in [3.8, 4) is 17.6 Å². The Morgan fingerprint density at radius 2 is 1.59 bits per heavy atom. The summed E-state index contributed by atoms with van der Waals surface area (Å²) in [5, 5.41) is 12.2. The van der Waals surface area contributed by atoms with E-state index < -0.39 is 11.8 Å². The van der Waals surface area contributed by atoms with E-state index in [-0.39, 0.29) is 11.3 Å². The minimum absolute atomic E-state index is 0.140. The normalized spacial score (nSPS) is 13.2. The number of carbonyl (C=O) groups is 2. The van der Waals surface area contributed by atoms with Gasteiger partial charge in [0.05, 0.1) is 42.8 Å². The molecule has 0 saturated heterocycles. The lowest BCUT2D eigenvalue weighted by molar-refractivity contribution is -0.120. The summed E-state index contributed by atoms with van der Waals surface area (Å²) in [4.78, 5) is 28.3. The number of ether oxygens (including phenoxy) is 2. The number of methoxy groups -OCH3 is 2. The van der Waals surface area contributed by atoms with Crippen LogP contribution in [-0.4, -0.2) is 26.0 Å². The molecule has 3 aromatic rings. The van der Waals surface area contributed by atoms with Crippen molar-refractivity contribution in [1.29, 1.82) is 5.26 Å². The average molecular weight is 453 g/mol. The number of nitrogens with zero attached hydrogens (tertiary/aromatic N) is 2. The summed E-state index contributed by atoms with van der Waals surface area (Å²) in [6.45, 7) is 3.94. The minimum atomic E-state index is -0.499. The number of amides is 2. The van der Waals surface area contributed by atoms with Crippen molar-refractivity contribution in [1.82, 2.24) is 0 Å². The van der Waals surface area contributed by atoms with Crippen molar-refractivity contribution in [2.75, 3.05) is 24.4 Å². The third-order valence-electron chi connectivity index (χ3n) is 5.80. The van der Waals surface area contributed by atoms with Gasteiger partial charge in [-0.05, 0) is 66.9 Å². The Morgan fingerprint density at radius 3 is 2.21 bits per heavy atom. The molecule has 3 aromatic carbocycles. The quantitative estimate of drug-likeness (QED) is 0.549. The van der Waals surface area contributed by atoms with E-state index in [4.69, 9.17) is 14.7 Å². The Balaban J connectivity index is 1.84. The van der Waals surface area contributed by atoms with Crippen LogP contribution >= 0.6 is 0 Å². The number of aryl methyl sites for hydroxylation is 2. The lowest BCUT2D eigenvalue weighted by Crippen LogP contribution is -2.32. The van der Waals surface area contributed by atoms with Gasteiger partial charge in [-0.1, -0.05) is 18.2 Å². The molecule has 7 nitrogen and oxygen atoms in total. The van der Waals surface area contributed by atoms with E-state index in [0.717, 1.165) is 16.0 Å². The second kappa shape index (κ2) is 9.12. The molecule has 7 heteroatoms. The van der Waals surface area contributed by atoms with Crippen molar-refractivity contribution >= 4 is 28.8 Å². The largest absolute Gasteiger partial charge is 0.497 e. The van der Waals surface area contributed by atoms with E-state index >= 15 is 0 Å². The maximum absolute atomic E-state index is 13.6. The van der Waals surface area contributed by atoms with Gasteiger partial charge in [0.2, 0.25) is 0 Å². The van der Waals surface area contributed by atoms with E-state index in [9.17, 15) is 9.59 Å². The zero-order valence-electron chi connectivity index (χ0n) is 19.3. The van der Waals surface area contributed by atoms with Crippen molar-refractivity contribution in [3.63, 3.8) is 0 Å². The Bertz CT molecular complexity index is 1370. The Labute approximate surface area is 197 Å². The molecule has 0 saturated carbocycles. The number of hydrogen-bond donors (Lipinski definition) is 1. The SMILES string of the molecule is COc1ccc(NC2=C(c3ccc(C)c(C)c3)C(=O)N(c3ccc(C#N)cc3)C2=O)c(OC)c1. The third-order valence-corrected chi connectivity index (χ3v) is 5.80. The van der Waals surface area contributed by atoms with Crippen molar-refractivity contribution in [3.05, 3.63) is 88.6 Å². The molecule has 170 valence electrons. The Morgan fingerprint density at radius 1 is 0.853 bits per heavy atom. The summed E-state index contributed by atoms with van der Waals surface area (Å²) >= 11 is 0. The van der Waals surface area contributed by atoms with Crippen LogP contribution in [0.4, 0.5) is 11.4 Å². The molecule has 4 rings (SSSR count). The monoisotopic (exact) mass is 453 g/mol. The number of hydrogen-bond acceptors (Lipinski definition) is 6. The van der Waals surface area contributed by atoms with E-state index in [1.807, 2.05) is 38.1 Å². The molecule has 0 radical (unpaired) electrons. The van der Waals surface area contributed by atoms with Crippen LogP contribution in [0, 0.1) is 25.2 Å². The number of anilines is 2. The van der Waals surface area contributed by atoms with Crippen molar-refractivity contribution < 1.29 is 19.1 Å². The lowest BCUT2D eigenvalue weighted by atomic mass is 9.99. The highest BCUT2D eigenvalue weighted by Gasteiger charge is 2.40. The molecule has 0 atom stereocenters. The number of benzene rings is 3. The zero-order valence-corrected chi connectivity index (χ0v) is 19.3. The van der Waals surface area contributed by atoms with E-state index in [2.05, 4.69) is 5.32 Å². The smallest absolute Gasteiger partial charge is 0.282 e. The number of rotatable bonds is 6. The maximum atomic E-state index is 13.6. The van der Waals surface area contributed by atoms with Gasteiger partial charge >= 0.3 is 0 Å². The lowest BCUT2D eigenvalue weighted by Gasteiger charge is -2.16. The van der Waals surface area contributed by atoms with Crippen LogP contribution in [0.1, 0.15) is 22.3 Å². The fourth-order valence-electron chi connectivity index (χ4n) is 3.77. The highest BCUT2D eigenvalue weighted by molar-refractivity contribution is 6.46. The number of nitriles is 1. The third kappa shape index (κ3) is 3.97. The van der Waals surface area contributed by atoms with Crippen LogP contribution in [0.2, 0.25) is 0 Å². The summed E-state index contributed by atoms with van der Waals surface area (Å²) < 4.78 is 10.7. The van der Waals surface area contributed by atoms with E-state index in [1.165, 1.54) is 7.11 Å². The van der Waals surface area contributed by atoms with Crippen LogP contribution in [0.5, 0.6) is 11.5 Å². The van der Waals surface area contributed by atoms with Crippen LogP contribution in [-0.2, 0) is 9.59 Å². The maximum Gasteiger partial charge on any atom is 0.282 e. The van der Waals surface area contributed by atoms with Gasteiger partial charge in [0.1, 0.15) is 17.2 Å². The number of imide groups is 1. The minimum Gasteiger partial charge on any atom is -0.497 e. The van der Waals surface area contributed by atoms with Crippen LogP contribution in [0.15, 0.2) is 66.4 Å². The van der Waals surface area contributed by atoms with Crippen molar-refractivity contribution in [2.24, 2.45) is 0 Å².